The zero-order valence-electron chi connectivity index (χ0n) is 9.57. The van der Waals surface area contributed by atoms with Crippen molar-refractivity contribution in [1.29, 1.82) is 0 Å². The van der Waals surface area contributed by atoms with Crippen molar-refractivity contribution in [3.05, 3.63) is 48.3 Å². The Hall–Kier alpha value is -2.10. The van der Waals surface area contributed by atoms with E-state index in [-0.39, 0.29) is 12.4 Å². The molecule has 17 heavy (non-hydrogen) atoms. The van der Waals surface area contributed by atoms with E-state index in [0.717, 1.165) is 0 Å². The van der Waals surface area contributed by atoms with Crippen LogP contribution in [0.2, 0.25) is 0 Å². The highest BCUT2D eigenvalue weighted by Gasteiger charge is 2.06. The van der Waals surface area contributed by atoms with Crippen LogP contribution in [-0.2, 0) is 4.74 Å². The Balaban J connectivity index is 2.93. The summed E-state index contributed by atoms with van der Waals surface area (Å²) in [5.74, 6) is -0.372. The molecule has 0 spiro atoms. The summed E-state index contributed by atoms with van der Waals surface area (Å²) in [6.07, 6.45) is 4.31. The van der Waals surface area contributed by atoms with E-state index in [1.807, 2.05) is 0 Å². The molecule has 0 unspecified atom stereocenters. The van der Waals surface area contributed by atoms with Crippen LogP contribution >= 0.6 is 0 Å². The van der Waals surface area contributed by atoms with Crippen LogP contribution in [0.4, 0.5) is 14.9 Å². The molecule has 0 radical (unpaired) electrons. The molecule has 3 nitrogen and oxygen atoms in total. The average molecular weight is 235 g/mol. The zero-order chi connectivity index (χ0) is 12.7. The lowest BCUT2D eigenvalue weighted by Gasteiger charge is -2.08. The van der Waals surface area contributed by atoms with E-state index in [0.29, 0.717) is 11.3 Å². The summed E-state index contributed by atoms with van der Waals surface area (Å²) < 4.78 is 17.8. The molecule has 90 valence electrons. The lowest BCUT2D eigenvalue weighted by molar-refractivity contribution is 0.168. The van der Waals surface area contributed by atoms with Gasteiger partial charge in [-0.1, -0.05) is 24.8 Å². The van der Waals surface area contributed by atoms with Gasteiger partial charge in [-0.15, -0.1) is 0 Å². The summed E-state index contributed by atoms with van der Waals surface area (Å²) in [7, 11) is 0. The van der Waals surface area contributed by atoms with Gasteiger partial charge in [0, 0.05) is 5.56 Å². The molecule has 4 heteroatoms. The van der Waals surface area contributed by atoms with E-state index >= 15 is 0 Å². The van der Waals surface area contributed by atoms with Gasteiger partial charge >= 0.3 is 6.09 Å². The first-order valence-electron chi connectivity index (χ1n) is 5.19. The van der Waals surface area contributed by atoms with Gasteiger partial charge in [-0.05, 0) is 25.1 Å². The number of halogens is 1. The van der Waals surface area contributed by atoms with Gasteiger partial charge in [-0.2, -0.15) is 0 Å². The molecule has 1 aromatic rings. The highest BCUT2D eigenvalue weighted by atomic mass is 19.1. The first-order chi connectivity index (χ1) is 8.17. The molecule has 0 aliphatic carbocycles. The predicted molar refractivity (Wildman–Crippen MR) is 66.3 cm³/mol. The largest absolute Gasteiger partial charge is 0.450 e. The minimum Gasteiger partial charge on any atom is -0.450 e. The van der Waals surface area contributed by atoms with Crippen LogP contribution < -0.4 is 5.32 Å². The van der Waals surface area contributed by atoms with Crippen molar-refractivity contribution >= 4 is 17.9 Å². The third kappa shape index (κ3) is 4.10. The molecule has 0 saturated carbocycles. The van der Waals surface area contributed by atoms with Crippen LogP contribution in [0.1, 0.15) is 12.5 Å². The normalized spacial score (nSPS) is 10.2. The summed E-state index contributed by atoms with van der Waals surface area (Å²) in [6, 6.07) is 4.07. The maximum absolute atomic E-state index is 13.1. The van der Waals surface area contributed by atoms with Crippen LogP contribution in [0.25, 0.3) is 6.08 Å². The van der Waals surface area contributed by atoms with Crippen molar-refractivity contribution in [2.24, 2.45) is 0 Å². The van der Waals surface area contributed by atoms with Gasteiger partial charge in [-0.25, -0.2) is 9.18 Å². The van der Waals surface area contributed by atoms with Crippen molar-refractivity contribution in [3.8, 4) is 0 Å². The summed E-state index contributed by atoms with van der Waals surface area (Å²) in [6.45, 7) is 5.52. The van der Waals surface area contributed by atoms with Crippen molar-refractivity contribution < 1.29 is 13.9 Å². The van der Waals surface area contributed by atoms with Gasteiger partial charge < -0.3 is 4.74 Å². The van der Waals surface area contributed by atoms with Crippen LogP contribution in [0.5, 0.6) is 0 Å². The van der Waals surface area contributed by atoms with Gasteiger partial charge in [-0.3, -0.25) is 5.32 Å². The Morgan fingerprint density at radius 2 is 2.35 bits per heavy atom. The maximum Gasteiger partial charge on any atom is 0.411 e. The van der Waals surface area contributed by atoms with Crippen molar-refractivity contribution in [3.63, 3.8) is 0 Å². The van der Waals surface area contributed by atoms with Crippen LogP contribution in [-0.4, -0.2) is 12.7 Å². The molecule has 0 atom stereocenters. The molecule has 0 saturated heterocycles. The number of ether oxygens (including phenoxy) is 1. The number of carbonyl (C=O) groups excluding carboxylic acids is 1. The Kier molecular flexibility index (Phi) is 4.94. The molecule has 0 fully saturated rings. The molecule has 0 aromatic heterocycles. The third-order valence-electron chi connectivity index (χ3n) is 1.94. The first-order valence-corrected chi connectivity index (χ1v) is 5.19. The van der Waals surface area contributed by atoms with E-state index in [9.17, 15) is 9.18 Å². The van der Waals surface area contributed by atoms with Gasteiger partial charge in [0.15, 0.2) is 0 Å². The monoisotopic (exact) mass is 235 g/mol. The number of rotatable bonds is 4. The van der Waals surface area contributed by atoms with Crippen LogP contribution in [0.15, 0.2) is 36.9 Å². The molecule has 0 bridgehead atoms. The van der Waals surface area contributed by atoms with E-state index in [1.54, 1.807) is 25.2 Å². The highest BCUT2D eigenvalue weighted by Crippen LogP contribution is 2.19. The van der Waals surface area contributed by atoms with Gasteiger partial charge in [0.1, 0.15) is 5.82 Å². The number of amides is 1. The van der Waals surface area contributed by atoms with Gasteiger partial charge in [0.05, 0.1) is 12.3 Å². The number of benzene rings is 1. The Morgan fingerprint density at radius 3 is 3.00 bits per heavy atom. The standard InChI is InChI=1S/C13H14FNO2/c1-3-5-6-10-9-11(14)7-8-12(10)15-13(16)17-4-2/h3,5-9H,1,4H2,2H3,(H,15,16)/b6-5-. The predicted octanol–water partition coefficient (Wildman–Crippen LogP) is 3.59. The fraction of sp³-hybridized carbons (Fsp3) is 0.154. The lowest BCUT2D eigenvalue weighted by Crippen LogP contribution is -2.14. The quantitative estimate of drug-likeness (QED) is 0.810. The Labute approximate surface area is 99.6 Å². The highest BCUT2D eigenvalue weighted by molar-refractivity contribution is 5.87. The number of hydrogen-bond donors (Lipinski definition) is 1. The van der Waals surface area contributed by atoms with Gasteiger partial charge in [0.2, 0.25) is 0 Å². The molecule has 1 amide bonds. The van der Waals surface area contributed by atoms with Crippen molar-refractivity contribution in [2.75, 3.05) is 11.9 Å². The summed E-state index contributed by atoms with van der Waals surface area (Å²) in [5.41, 5.74) is 1.04. The maximum atomic E-state index is 13.1. The van der Waals surface area contributed by atoms with Crippen molar-refractivity contribution in [2.45, 2.75) is 6.92 Å². The third-order valence-corrected chi connectivity index (χ3v) is 1.94. The minimum atomic E-state index is -0.563. The number of nitrogens with one attached hydrogen (secondary N) is 1. The molecule has 1 N–H and O–H groups in total. The fourth-order valence-electron chi connectivity index (χ4n) is 1.23. The number of allylic oxidation sites excluding steroid dienone is 2. The second kappa shape index (κ2) is 6.48. The molecular weight excluding hydrogens is 221 g/mol. The number of anilines is 1. The topological polar surface area (TPSA) is 38.3 Å². The smallest absolute Gasteiger partial charge is 0.411 e. The minimum absolute atomic E-state index is 0.283. The van der Waals surface area contributed by atoms with Crippen LogP contribution in [0.3, 0.4) is 0 Å². The fourth-order valence-corrected chi connectivity index (χ4v) is 1.23. The van der Waals surface area contributed by atoms with E-state index in [4.69, 9.17) is 4.74 Å². The lowest BCUT2D eigenvalue weighted by atomic mass is 10.1. The molecule has 1 rings (SSSR count). The molecule has 1 aromatic carbocycles. The Bertz CT molecular complexity index is 441. The second-order valence-corrected chi connectivity index (χ2v) is 3.17. The Morgan fingerprint density at radius 1 is 1.59 bits per heavy atom. The van der Waals surface area contributed by atoms with E-state index in [1.165, 1.54) is 18.2 Å². The zero-order valence-corrected chi connectivity index (χ0v) is 9.57. The SMILES string of the molecule is C=C/C=C\c1cc(F)ccc1NC(=O)OCC. The molecular formula is C13H14FNO2. The van der Waals surface area contributed by atoms with Gasteiger partial charge in [0.25, 0.3) is 0 Å². The van der Waals surface area contributed by atoms with E-state index in [2.05, 4.69) is 11.9 Å². The first kappa shape index (κ1) is 13.0. The van der Waals surface area contributed by atoms with Crippen LogP contribution in [0, 0.1) is 5.82 Å². The van der Waals surface area contributed by atoms with Crippen molar-refractivity contribution in [1.82, 2.24) is 0 Å². The molecule has 0 aliphatic heterocycles. The summed E-state index contributed by atoms with van der Waals surface area (Å²) in [5, 5.41) is 2.53. The average Bonchev–Trinajstić information content (AvgIpc) is 2.30. The molecule has 0 aliphatic rings. The van der Waals surface area contributed by atoms with E-state index < -0.39 is 6.09 Å². The number of hydrogen-bond acceptors (Lipinski definition) is 2. The number of carbonyl (C=O) groups is 1. The summed E-state index contributed by atoms with van der Waals surface area (Å²) in [4.78, 5) is 11.3. The second-order valence-electron chi connectivity index (χ2n) is 3.17. The molecule has 0 heterocycles. The summed E-state index contributed by atoms with van der Waals surface area (Å²) >= 11 is 0.